The van der Waals surface area contributed by atoms with Crippen LogP contribution in [0.2, 0.25) is 0 Å². The highest BCUT2D eigenvalue weighted by atomic mass is 32.2. The number of thioether (sulfide) groups is 1. The summed E-state index contributed by atoms with van der Waals surface area (Å²) in [5.41, 5.74) is 8.90. The van der Waals surface area contributed by atoms with Crippen molar-refractivity contribution in [3.8, 4) is 0 Å². The molecular weight excluding hydrogens is 278 g/mol. The third-order valence-electron chi connectivity index (χ3n) is 2.88. The Labute approximate surface area is 120 Å². The lowest BCUT2D eigenvalue weighted by atomic mass is 10.1. The maximum absolute atomic E-state index is 11.9. The van der Waals surface area contributed by atoms with Crippen molar-refractivity contribution in [2.75, 3.05) is 6.54 Å². The normalized spacial score (nSPS) is 12.6. The molecule has 5 N–H and O–H groups in total. The number of nitrogens with one attached hydrogen (secondary N) is 1. The van der Waals surface area contributed by atoms with Crippen molar-refractivity contribution in [1.29, 1.82) is 0 Å². The first-order valence-corrected chi connectivity index (χ1v) is 7.87. The van der Waals surface area contributed by atoms with Crippen LogP contribution in [0, 0.1) is 0 Å². The van der Waals surface area contributed by atoms with E-state index in [0.717, 1.165) is 21.4 Å². The van der Waals surface area contributed by atoms with E-state index in [2.05, 4.69) is 12.3 Å². The molecule has 1 atom stereocenters. The second-order valence-electron chi connectivity index (χ2n) is 4.24. The summed E-state index contributed by atoms with van der Waals surface area (Å²) in [5, 5.41) is 1.50. The largest absolute Gasteiger partial charge is 0.329 e. The molecule has 0 aliphatic rings. The van der Waals surface area contributed by atoms with Crippen molar-refractivity contribution in [1.82, 2.24) is 5.43 Å². The molecule has 1 aromatic carbocycles. The van der Waals surface area contributed by atoms with Crippen LogP contribution in [0.1, 0.15) is 22.2 Å². The Morgan fingerprint density at radius 3 is 2.89 bits per heavy atom. The Kier molecular flexibility index (Phi) is 4.81. The lowest BCUT2D eigenvalue weighted by Crippen LogP contribution is -2.29. The standard InChI is InChI=1S/C13H17N3OS2/c1-8(6-14)18-7-10-9-4-2-3-5-11(9)19-12(10)13(17)16-15/h2-5,8H,6-7,14-15H2,1H3,(H,16,17). The molecule has 1 aromatic heterocycles. The molecule has 0 aliphatic heterocycles. The average molecular weight is 295 g/mol. The van der Waals surface area contributed by atoms with Crippen LogP contribution in [0.5, 0.6) is 0 Å². The van der Waals surface area contributed by atoms with Crippen molar-refractivity contribution < 1.29 is 4.79 Å². The zero-order valence-electron chi connectivity index (χ0n) is 10.7. The van der Waals surface area contributed by atoms with Crippen molar-refractivity contribution in [2.45, 2.75) is 17.9 Å². The minimum absolute atomic E-state index is 0.225. The summed E-state index contributed by atoms with van der Waals surface area (Å²) in [5.74, 6) is 5.80. The minimum Gasteiger partial charge on any atom is -0.329 e. The molecule has 1 amide bonds. The number of hydrogen-bond donors (Lipinski definition) is 3. The number of fused-ring (bicyclic) bond motifs is 1. The lowest BCUT2D eigenvalue weighted by molar-refractivity contribution is 0.0957. The van der Waals surface area contributed by atoms with Gasteiger partial charge in [-0.1, -0.05) is 25.1 Å². The first-order valence-electron chi connectivity index (χ1n) is 6.00. The van der Waals surface area contributed by atoms with Crippen LogP contribution < -0.4 is 17.0 Å². The predicted octanol–water partition coefficient (Wildman–Crippen LogP) is 2.09. The quantitative estimate of drug-likeness (QED) is 0.448. The fourth-order valence-electron chi connectivity index (χ4n) is 1.78. The lowest BCUT2D eigenvalue weighted by Gasteiger charge is -2.08. The van der Waals surface area contributed by atoms with Gasteiger partial charge in [0.25, 0.3) is 5.91 Å². The van der Waals surface area contributed by atoms with E-state index in [0.29, 0.717) is 16.7 Å². The van der Waals surface area contributed by atoms with E-state index in [4.69, 9.17) is 11.6 Å². The van der Waals surface area contributed by atoms with Gasteiger partial charge in [-0.15, -0.1) is 11.3 Å². The number of nitrogens with two attached hydrogens (primary N) is 2. The molecule has 102 valence electrons. The number of carbonyl (C=O) groups is 1. The van der Waals surface area contributed by atoms with Crippen molar-refractivity contribution in [3.05, 3.63) is 34.7 Å². The molecule has 2 rings (SSSR count). The molecule has 19 heavy (non-hydrogen) atoms. The van der Waals surface area contributed by atoms with E-state index < -0.39 is 0 Å². The van der Waals surface area contributed by atoms with Crippen LogP contribution in [0.4, 0.5) is 0 Å². The fraction of sp³-hybridized carbons (Fsp3) is 0.308. The van der Waals surface area contributed by atoms with Crippen molar-refractivity contribution >= 4 is 39.1 Å². The Bertz CT molecular complexity index is 582. The van der Waals surface area contributed by atoms with Crippen LogP contribution in [0.25, 0.3) is 10.1 Å². The molecule has 0 spiro atoms. The van der Waals surface area contributed by atoms with Gasteiger partial charge in [-0.05, 0) is 17.0 Å². The van der Waals surface area contributed by atoms with Crippen molar-refractivity contribution in [3.63, 3.8) is 0 Å². The zero-order valence-corrected chi connectivity index (χ0v) is 12.3. The van der Waals surface area contributed by atoms with Gasteiger partial charge in [-0.3, -0.25) is 10.2 Å². The van der Waals surface area contributed by atoms with Crippen LogP contribution in [-0.2, 0) is 5.75 Å². The number of hydrogen-bond acceptors (Lipinski definition) is 5. The van der Waals surface area contributed by atoms with Gasteiger partial charge in [0.2, 0.25) is 0 Å². The summed E-state index contributed by atoms with van der Waals surface area (Å²) in [6.45, 7) is 2.72. The Hall–Kier alpha value is -1.08. The number of carbonyl (C=O) groups excluding carboxylic acids is 1. The number of hydrazine groups is 1. The second kappa shape index (κ2) is 6.38. The van der Waals surface area contributed by atoms with Crippen LogP contribution in [-0.4, -0.2) is 17.7 Å². The Morgan fingerprint density at radius 1 is 1.47 bits per heavy atom. The molecule has 0 aliphatic carbocycles. The smallest absolute Gasteiger partial charge is 0.275 e. The molecule has 0 radical (unpaired) electrons. The molecule has 0 saturated heterocycles. The molecule has 4 nitrogen and oxygen atoms in total. The first kappa shape index (κ1) is 14.3. The summed E-state index contributed by atoms with van der Waals surface area (Å²) in [4.78, 5) is 12.6. The van der Waals surface area contributed by atoms with Gasteiger partial charge in [-0.25, -0.2) is 5.84 Å². The van der Waals surface area contributed by atoms with Gasteiger partial charge >= 0.3 is 0 Å². The number of nitrogen functional groups attached to an aromatic ring is 1. The highest BCUT2D eigenvalue weighted by molar-refractivity contribution is 7.99. The highest BCUT2D eigenvalue weighted by Crippen LogP contribution is 2.34. The molecule has 6 heteroatoms. The summed E-state index contributed by atoms with van der Waals surface area (Å²) in [6, 6.07) is 8.03. The van der Waals surface area contributed by atoms with E-state index in [1.807, 2.05) is 24.3 Å². The third-order valence-corrected chi connectivity index (χ3v) is 5.31. The van der Waals surface area contributed by atoms with Crippen LogP contribution in [0.15, 0.2) is 24.3 Å². The van der Waals surface area contributed by atoms with E-state index >= 15 is 0 Å². The van der Waals surface area contributed by atoms with E-state index in [1.54, 1.807) is 11.8 Å². The van der Waals surface area contributed by atoms with Gasteiger partial charge < -0.3 is 5.73 Å². The van der Waals surface area contributed by atoms with Crippen LogP contribution in [0.3, 0.4) is 0 Å². The van der Waals surface area contributed by atoms with Gasteiger partial charge in [-0.2, -0.15) is 11.8 Å². The first-order chi connectivity index (χ1) is 9.17. The van der Waals surface area contributed by atoms with E-state index in [1.165, 1.54) is 11.3 Å². The zero-order chi connectivity index (χ0) is 13.8. The number of rotatable bonds is 5. The number of benzene rings is 1. The molecule has 2 aromatic rings. The maximum atomic E-state index is 11.9. The summed E-state index contributed by atoms with van der Waals surface area (Å²) in [6.07, 6.45) is 0. The van der Waals surface area contributed by atoms with Crippen LogP contribution >= 0.6 is 23.1 Å². The summed E-state index contributed by atoms with van der Waals surface area (Å²) < 4.78 is 1.11. The molecule has 0 saturated carbocycles. The van der Waals surface area contributed by atoms with Gasteiger partial charge in [0, 0.05) is 22.2 Å². The molecule has 0 fully saturated rings. The van der Waals surface area contributed by atoms with E-state index in [9.17, 15) is 4.79 Å². The highest BCUT2D eigenvalue weighted by Gasteiger charge is 2.18. The van der Waals surface area contributed by atoms with Gasteiger partial charge in [0.15, 0.2) is 0 Å². The van der Waals surface area contributed by atoms with E-state index in [-0.39, 0.29) is 5.91 Å². The Balaban J connectivity index is 2.39. The number of amides is 1. The monoisotopic (exact) mass is 295 g/mol. The predicted molar refractivity (Wildman–Crippen MR) is 83.3 cm³/mol. The Morgan fingerprint density at radius 2 is 2.21 bits per heavy atom. The molecule has 1 heterocycles. The minimum atomic E-state index is -0.225. The maximum Gasteiger partial charge on any atom is 0.275 e. The summed E-state index contributed by atoms with van der Waals surface area (Å²) in [7, 11) is 0. The average Bonchev–Trinajstić information content (AvgIpc) is 2.82. The fourth-order valence-corrected chi connectivity index (χ4v) is 3.89. The third kappa shape index (κ3) is 3.09. The SMILES string of the molecule is CC(CN)SCc1c(C(=O)NN)sc2ccccc12. The van der Waals surface area contributed by atoms with Gasteiger partial charge in [0.1, 0.15) is 0 Å². The molecular formula is C13H17N3OS2. The molecule has 1 unspecified atom stereocenters. The van der Waals surface area contributed by atoms with Gasteiger partial charge in [0.05, 0.1) is 4.88 Å². The number of thiophene rings is 1. The second-order valence-corrected chi connectivity index (χ2v) is 6.72. The molecule has 0 bridgehead atoms. The van der Waals surface area contributed by atoms with Crippen molar-refractivity contribution in [2.24, 2.45) is 11.6 Å². The topological polar surface area (TPSA) is 81.1 Å². The summed E-state index contributed by atoms with van der Waals surface area (Å²) >= 11 is 3.23.